The molecule has 4 saturated carbocycles. The molecule has 0 saturated heterocycles. The predicted octanol–water partition coefficient (Wildman–Crippen LogP) is 2.06. The van der Waals surface area contributed by atoms with E-state index in [2.05, 4.69) is 12.3 Å². The zero-order valence-electron chi connectivity index (χ0n) is 9.18. The van der Waals surface area contributed by atoms with Gasteiger partial charge in [0.05, 0.1) is 0 Å². The minimum Gasteiger partial charge on any atom is -0.271 e. The average Bonchev–Trinajstić information content (AvgIpc) is 1.97. The highest BCUT2D eigenvalue weighted by molar-refractivity contribution is 5.06. The maximum atomic E-state index is 5.54. The largest absolute Gasteiger partial charge is 0.271 e. The van der Waals surface area contributed by atoms with Crippen molar-refractivity contribution in [3.05, 3.63) is 0 Å². The highest BCUT2D eigenvalue weighted by Gasteiger charge is 2.55. The van der Waals surface area contributed by atoms with E-state index in [4.69, 9.17) is 5.84 Å². The molecule has 0 spiro atoms. The maximum absolute atomic E-state index is 5.54. The van der Waals surface area contributed by atoms with Gasteiger partial charge >= 0.3 is 0 Å². The lowest BCUT2D eigenvalue weighted by Gasteiger charge is -2.61. The van der Waals surface area contributed by atoms with Gasteiger partial charge in [-0.05, 0) is 61.2 Å². The molecular formula is C12H22N2. The molecule has 2 unspecified atom stereocenters. The quantitative estimate of drug-likeness (QED) is 0.521. The molecule has 2 nitrogen and oxygen atoms in total. The van der Waals surface area contributed by atoms with E-state index < -0.39 is 0 Å². The fourth-order valence-corrected chi connectivity index (χ4v) is 5.35. The van der Waals surface area contributed by atoms with E-state index in [0.717, 1.165) is 18.4 Å². The lowest BCUT2D eigenvalue weighted by Crippen LogP contribution is -2.54. The molecule has 0 aromatic carbocycles. The normalized spacial score (nSPS) is 55.3. The van der Waals surface area contributed by atoms with Crippen LogP contribution in [-0.4, -0.2) is 6.54 Å². The summed E-state index contributed by atoms with van der Waals surface area (Å²) in [6, 6.07) is 0. The molecule has 4 atom stereocenters. The first-order valence-electron chi connectivity index (χ1n) is 6.07. The summed E-state index contributed by atoms with van der Waals surface area (Å²) in [6.45, 7) is 3.56. The highest BCUT2D eigenvalue weighted by Crippen LogP contribution is 2.64. The van der Waals surface area contributed by atoms with Gasteiger partial charge in [0.15, 0.2) is 0 Å². The molecule has 14 heavy (non-hydrogen) atoms. The van der Waals surface area contributed by atoms with Crippen LogP contribution < -0.4 is 11.3 Å². The third-order valence-electron chi connectivity index (χ3n) is 4.95. The van der Waals surface area contributed by atoms with Crippen LogP contribution in [0.4, 0.5) is 0 Å². The van der Waals surface area contributed by atoms with Gasteiger partial charge in [-0.2, -0.15) is 0 Å². The van der Waals surface area contributed by atoms with E-state index in [1.54, 1.807) is 0 Å². The Labute approximate surface area is 86.6 Å². The predicted molar refractivity (Wildman–Crippen MR) is 57.4 cm³/mol. The first kappa shape index (κ1) is 9.17. The van der Waals surface area contributed by atoms with Crippen molar-refractivity contribution in [1.82, 2.24) is 5.43 Å². The Bertz CT molecular complexity index is 235. The van der Waals surface area contributed by atoms with E-state index in [1.807, 2.05) is 0 Å². The molecule has 4 bridgehead atoms. The zero-order chi connectivity index (χ0) is 9.81. The molecule has 0 aromatic rings. The number of hydrogen-bond donors (Lipinski definition) is 2. The Morgan fingerprint density at radius 2 is 1.86 bits per heavy atom. The van der Waals surface area contributed by atoms with Gasteiger partial charge in [0.2, 0.25) is 0 Å². The molecule has 4 aliphatic carbocycles. The SMILES string of the molecule is CC12C[C@H]3C[C@@H](C1)CC(CNN)(C3)C2. The standard InChI is InChI=1S/C12H22N2/c1-11-3-9-2-10(4-11)6-12(5-9,7-11)8-14-13/h9-10,14H,2-8,13H2,1H3/t9-,10+,11?,12?. The molecule has 0 aliphatic heterocycles. The summed E-state index contributed by atoms with van der Waals surface area (Å²) in [5, 5.41) is 0. The van der Waals surface area contributed by atoms with Crippen LogP contribution in [0.3, 0.4) is 0 Å². The van der Waals surface area contributed by atoms with Gasteiger partial charge in [-0.3, -0.25) is 11.3 Å². The summed E-state index contributed by atoms with van der Waals surface area (Å²) in [5.41, 5.74) is 4.19. The van der Waals surface area contributed by atoms with Gasteiger partial charge in [-0.25, -0.2) is 0 Å². The van der Waals surface area contributed by atoms with Crippen molar-refractivity contribution in [2.24, 2.45) is 28.5 Å². The van der Waals surface area contributed by atoms with Gasteiger partial charge in [-0.1, -0.05) is 6.92 Å². The molecule has 3 N–H and O–H groups in total. The number of rotatable bonds is 2. The molecule has 4 rings (SSSR count). The van der Waals surface area contributed by atoms with Crippen molar-refractivity contribution >= 4 is 0 Å². The van der Waals surface area contributed by atoms with E-state index in [0.29, 0.717) is 10.8 Å². The second kappa shape index (κ2) is 2.73. The van der Waals surface area contributed by atoms with Crippen molar-refractivity contribution in [1.29, 1.82) is 0 Å². The van der Waals surface area contributed by atoms with E-state index in [9.17, 15) is 0 Å². The molecule has 0 radical (unpaired) electrons. The fourth-order valence-electron chi connectivity index (χ4n) is 5.35. The van der Waals surface area contributed by atoms with Gasteiger partial charge in [-0.15, -0.1) is 0 Å². The molecule has 4 fully saturated rings. The van der Waals surface area contributed by atoms with E-state index in [1.165, 1.54) is 38.5 Å². The second-order valence-electron chi connectivity index (χ2n) is 6.65. The maximum Gasteiger partial charge on any atom is 0.0154 e. The first-order chi connectivity index (χ1) is 6.63. The Hall–Kier alpha value is -0.0800. The second-order valence-corrected chi connectivity index (χ2v) is 6.65. The Morgan fingerprint density at radius 3 is 2.36 bits per heavy atom. The van der Waals surface area contributed by atoms with Crippen molar-refractivity contribution in [3.8, 4) is 0 Å². The van der Waals surface area contributed by atoms with Crippen LogP contribution in [0.1, 0.15) is 45.4 Å². The summed E-state index contributed by atoms with van der Waals surface area (Å²) < 4.78 is 0. The monoisotopic (exact) mass is 194 g/mol. The summed E-state index contributed by atoms with van der Waals surface area (Å²) in [5.74, 6) is 7.59. The van der Waals surface area contributed by atoms with Crippen molar-refractivity contribution in [3.63, 3.8) is 0 Å². The number of hydrazine groups is 1. The van der Waals surface area contributed by atoms with Crippen LogP contribution in [0.25, 0.3) is 0 Å². The van der Waals surface area contributed by atoms with Gasteiger partial charge in [0, 0.05) is 6.54 Å². The summed E-state index contributed by atoms with van der Waals surface area (Å²) in [6.07, 6.45) is 8.83. The third-order valence-corrected chi connectivity index (χ3v) is 4.95. The van der Waals surface area contributed by atoms with Crippen LogP contribution in [0.15, 0.2) is 0 Å². The fraction of sp³-hybridized carbons (Fsp3) is 1.00. The zero-order valence-corrected chi connectivity index (χ0v) is 9.18. The molecule has 4 aliphatic rings. The lowest BCUT2D eigenvalue weighted by atomic mass is 9.45. The molecular weight excluding hydrogens is 172 g/mol. The molecule has 80 valence electrons. The highest BCUT2D eigenvalue weighted by atomic mass is 15.2. The Kier molecular flexibility index (Phi) is 1.79. The Balaban J connectivity index is 1.89. The Morgan fingerprint density at radius 1 is 1.21 bits per heavy atom. The van der Waals surface area contributed by atoms with Crippen LogP contribution in [-0.2, 0) is 0 Å². The lowest BCUT2D eigenvalue weighted by molar-refractivity contribution is -0.0998. The van der Waals surface area contributed by atoms with Crippen molar-refractivity contribution in [2.75, 3.05) is 6.54 Å². The smallest absolute Gasteiger partial charge is 0.0154 e. The van der Waals surface area contributed by atoms with Gasteiger partial charge < -0.3 is 0 Å². The third kappa shape index (κ3) is 1.24. The topological polar surface area (TPSA) is 38.0 Å². The molecule has 2 heteroatoms. The summed E-state index contributed by atoms with van der Waals surface area (Å²) in [4.78, 5) is 0. The molecule has 0 amide bonds. The summed E-state index contributed by atoms with van der Waals surface area (Å²) in [7, 11) is 0. The first-order valence-corrected chi connectivity index (χ1v) is 6.07. The molecule has 0 heterocycles. The number of hydrogen-bond acceptors (Lipinski definition) is 2. The van der Waals surface area contributed by atoms with Crippen LogP contribution in [0, 0.1) is 22.7 Å². The summed E-state index contributed by atoms with van der Waals surface area (Å²) >= 11 is 0. The van der Waals surface area contributed by atoms with Gasteiger partial charge in [0.1, 0.15) is 0 Å². The van der Waals surface area contributed by atoms with Crippen LogP contribution in [0.5, 0.6) is 0 Å². The van der Waals surface area contributed by atoms with Crippen molar-refractivity contribution < 1.29 is 0 Å². The van der Waals surface area contributed by atoms with Crippen LogP contribution in [0.2, 0.25) is 0 Å². The molecule has 0 aromatic heterocycles. The average molecular weight is 194 g/mol. The van der Waals surface area contributed by atoms with Crippen molar-refractivity contribution in [2.45, 2.75) is 45.4 Å². The number of nitrogens with two attached hydrogens (primary N) is 1. The number of nitrogens with one attached hydrogen (secondary N) is 1. The van der Waals surface area contributed by atoms with E-state index >= 15 is 0 Å². The van der Waals surface area contributed by atoms with Crippen LogP contribution >= 0.6 is 0 Å². The van der Waals surface area contributed by atoms with E-state index in [-0.39, 0.29) is 0 Å². The minimum atomic E-state index is 0.577. The minimum absolute atomic E-state index is 0.577. The van der Waals surface area contributed by atoms with Gasteiger partial charge in [0.25, 0.3) is 0 Å².